The highest BCUT2D eigenvalue weighted by Gasteiger charge is 2.18. The average molecular weight is 215 g/mol. The predicted molar refractivity (Wildman–Crippen MR) is 59.7 cm³/mol. The topological polar surface area (TPSA) is 58.6 Å². The van der Waals surface area contributed by atoms with Crippen molar-refractivity contribution in [3.63, 3.8) is 0 Å². The molecule has 0 rings (SSSR count). The van der Waals surface area contributed by atoms with E-state index in [0.29, 0.717) is 6.42 Å². The van der Waals surface area contributed by atoms with E-state index in [1.54, 1.807) is 7.05 Å². The Morgan fingerprint density at radius 1 is 1.53 bits per heavy atom. The molecule has 0 saturated carbocycles. The van der Waals surface area contributed by atoms with Gasteiger partial charge >= 0.3 is 5.97 Å². The number of nitrogens with one attached hydrogen (secondary N) is 1. The average Bonchev–Trinajstić information content (AvgIpc) is 2.01. The minimum atomic E-state index is -0.456. The number of carbonyl (C=O) groups is 1. The summed E-state index contributed by atoms with van der Waals surface area (Å²) in [4.78, 5) is 11.3. The fraction of sp³-hybridized carbons (Fsp3) is 0.727. The first-order chi connectivity index (χ1) is 6.76. The second-order valence-corrected chi connectivity index (χ2v) is 4.46. The van der Waals surface area contributed by atoms with Crippen LogP contribution in [0.2, 0.25) is 0 Å². The molecule has 0 spiro atoms. The van der Waals surface area contributed by atoms with Crippen molar-refractivity contribution in [2.75, 3.05) is 7.05 Å². The van der Waals surface area contributed by atoms with Gasteiger partial charge < -0.3 is 15.2 Å². The van der Waals surface area contributed by atoms with Gasteiger partial charge in [-0.25, -0.2) is 0 Å². The molecule has 0 heterocycles. The van der Waals surface area contributed by atoms with Crippen LogP contribution < -0.4 is 5.32 Å². The highest BCUT2D eigenvalue weighted by atomic mass is 16.6. The third-order valence-electron chi connectivity index (χ3n) is 1.81. The van der Waals surface area contributed by atoms with Gasteiger partial charge in [0.25, 0.3) is 0 Å². The lowest BCUT2D eigenvalue weighted by atomic mass is 10.1. The summed E-state index contributed by atoms with van der Waals surface area (Å²) >= 11 is 0. The van der Waals surface area contributed by atoms with Crippen LogP contribution in [0.4, 0.5) is 0 Å². The van der Waals surface area contributed by atoms with Crippen LogP contribution >= 0.6 is 0 Å². The number of esters is 1. The predicted octanol–water partition coefficient (Wildman–Crippen LogP) is 1.77. The van der Waals surface area contributed by atoms with Crippen molar-refractivity contribution >= 4 is 5.97 Å². The second kappa shape index (κ2) is 5.75. The lowest BCUT2D eigenvalue weighted by molar-refractivity contribution is -0.155. The molecule has 0 aromatic heterocycles. The van der Waals surface area contributed by atoms with E-state index in [-0.39, 0.29) is 24.2 Å². The van der Waals surface area contributed by atoms with E-state index >= 15 is 0 Å². The molecular weight excluding hydrogens is 194 g/mol. The zero-order valence-electron chi connectivity index (χ0n) is 9.96. The van der Waals surface area contributed by atoms with E-state index < -0.39 is 5.60 Å². The number of aliphatic hydroxyl groups excluding tert-OH is 1. The third kappa shape index (κ3) is 6.96. The van der Waals surface area contributed by atoms with Crippen molar-refractivity contribution in [3.8, 4) is 0 Å². The lowest BCUT2D eigenvalue weighted by Crippen LogP contribution is -2.29. The molecule has 0 fully saturated rings. The Bertz CT molecular complexity index is 230. The van der Waals surface area contributed by atoms with Crippen LogP contribution in [-0.4, -0.2) is 29.8 Å². The number of aliphatic hydroxyl groups is 1. The summed E-state index contributed by atoms with van der Waals surface area (Å²) in [5.41, 5.74) is -0.456. The van der Waals surface area contributed by atoms with Crippen LogP contribution in [0.1, 0.15) is 33.6 Å². The van der Waals surface area contributed by atoms with E-state index in [1.165, 1.54) is 0 Å². The van der Waals surface area contributed by atoms with Crippen LogP contribution in [0.15, 0.2) is 12.3 Å². The van der Waals surface area contributed by atoms with Gasteiger partial charge in [0.1, 0.15) is 11.4 Å². The molecule has 88 valence electrons. The summed E-state index contributed by atoms with van der Waals surface area (Å²) in [7, 11) is 1.71. The molecule has 0 bridgehead atoms. The van der Waals surface area contributed by atoms with Gasteiger partial charge in [0, 0.05) is 6.42 Å². The van der Waals surface area contributed by atoms with Crippen LogP contribution in [0.5, 0.6) is 0 Å². The fourth-order valence-electron chi connectivity index (χ4n) is 1.13. The minimum Gasteiger partial charge on any atom is -0.511 e. The van der Waals surface area contributed by atoms with E-state index in [9.17, 15) is 4.79 Å². The summed E-state index contributed by atoms with van der Waals surface area (Å²) in [5.74, 6) is -0.218. The maximum atomic E-state index is 11.3. The third-order valence-corrected chi connectivity index (χ3v) is 1.81. The molecule has 0 aliphatic carbocycles. The normalized spacial score (nSPS) is 13.3. The fourth-order valence-corrected chi connectivity index (χ4v) is 1.13. The number of ether oxygens (including phenoxy) is 1. The van der Waals surface area contributed by atoms with E-state index in [4.69, 9.17) is 9.84 Å². The van der Waals surface area contributed by atoms with Crippen LogP contribution in [0.25, 0.3) is 0 Å². The molecule has 2 N–H and O–H groups in total. The summed E-state index contributed by atoms with van der Waals surface area (Å²) in [6.07, 6.45) is 0.753. The maximum absolute atomic E-state index is 11.3. The molecule has 0 aromatic carbocycles. The van der Waals surface area contributed by atoms with Gasteiger partial charge in [0.05, 0.1) is 6.04 Å². The Morgan fingerprint density at radius 3 is 2.40 bits per heavy atom. The number of rotatable bonds is 5. The highest BCUT2D eigenvalue weighted by Crippen LogP contribution is 2.11. The molecule has 0 aliphatic rings. The smallest absolute Gasteiger partial charge is 0.306 e. The van der Waals surface area contributed by atoms with E-state index in [0.717, 1.165) is 0 Å². The van der Waals surface area contributed by atoms with Crippen molar-refractivity contribution in [1.82, 2.24) is 5.32 Å². The van der Waals surface area contributed by atoms with Crippen LogP contribution in [0.3, 0.4) is 0 Å². The van der Waals surface area contributed by atoms with Gasteiger partial charge in [-0.3, -0.25) is 4.79 Å². The molecule has 0 saturated heterocycles. The van der Waals surface area contributed by atoms with Crippen molar-refractivity contribution in [3.05, 3.63) is 12.3 Å². The zero-order chi connectivity index (χ0) is 12.1. The molecule has 4 nitrogen and oxygen atoms in total. The number of hydrogen-bond acceptors (Lipinski definition) is 4. The first kappa shape index (κ1) is 14.0. The standard InChI is InChI=1S/C11H21NO3/c1-8(13)9(12-5)6-7-10(14)15-11(2,3)4/h9,12-13H,1,6-7H2,2-5H3. The molecule has 0 aromatic rings. The van der Waals surface area contributed by atoms with Crippen molar-refractivity contribution in [2.45, 2.75) is 45.3 Å². The van der Waals surface area contributed by atoms with Gasteiger partial charge in [-0.05, 0) is 34.2 Å². The SMILES string of the molecule is C=C(O)C(CCC(=O)OC(C)(C)C)NC. The van der Waals surface area contributed by atoms with Crippen LogP contribution in [-0.2, 0) is 9.53 Å². The molecule has 1 atom stereocenters. The quantitative estimate of drug-likeness (QED) is 0.542. The van der Waals surface area contributed by atoms with Crippen molar-refractivity contribution in [2.24, 2.45) is 0 Å². The monoisotopic (exact) mass is 215 g/mol. The Kier molecular flexibility index (Phi) is 5.36. The summed E-state index contributed by atoms with van der Waals surface area (Å²) in [6.45, 7) is 8.89. The molecule has 4 heteroatoms. The molecule has 0 radical (unpaired) electrons. The molecular formula is C11H21NO3. The Balaban J connectivity index is 3.94. The van der Waals surface area contributed by atoms with Gasteiger partial charge in [0.15, 0.2) is 0 Å². The Labute approximate surface area is 91.3 Å². The van der Waals surface area contributed by atoms with Crippen molar-refractivity contribution in [1.29, 1.82) is 0 Å². The zero-order valence-corrected chi connectivity index (χ0v) is 9.96. The summed E-state index contributed by atoms with van der Waals surface area (Å²) in [5, 5.41) is 12.0. The number of likely N-dealkylation sites (N-methyl/N-ethyl adjacent to an activating group) is 1. The maximum Gasteiger partial charge on any atom is 0.306 e. The Morgan fingerprint density at radius 2 is 2.07 bits per heavy atom. The number of hydrogen-bond donors (Lipinski definition) is 2. The van der Waals surface area contributed by atoms with Gasteiger partial charge in [0.2, 0.25) is 0 Å². The largest absolute Gasteiger partial charge is 0.511 e. The second-order valence-electron chi connectivity index (χ2n) is 4.46. The molecule has 15 heavy (non-hydrogen) atoms. The highest BCUT2D eigenvalue weighted by molar-refractivity contribution is 5.69. The molecule has 0 aliphatic heterocycles. The van der Waals surface area contributed by atoms with Crippen LogP contribution in [0, 0.1) is 0 Å². The van der Waals surface area contributed by atoms with E-state index in [2.05, 4.69) is 11.9 Å². The van der Waals surface area contributed by atoms with Gasteiger partial charge in [-0.2, -0.15) is 0 Å². The first-order valence-electron chi connectivity index (χ1n) is 5.03. The molecule has 0 amide bonds. The lowest BCUT2D eigenvalue weighted by Gasteiger charge is -2.20. The first-order valence-corrected chi connectivity index (χ1v) is 5.03. The van der Waals surface area contributed by atoms with E-state index in [1.807, 2.05) is 20.8 Å². The van der Waals surface area contributed by atoms with Gasteiger partial charge in [-0.1, -0.05) is 6.58 Å². The van der Waals surface area contributed by atoms with Gasteiger partial charge in [-0.15, -0.1) is 0 Å². The summed E-state index contributed by atoms with van der Waals surface area (Å²) in [6, 6.07) is -0.252. The van der Waals surface area contributed by atoms with Crippen molar-refractivity contribution < 1.29 is 14.6 Å². The molecule has 1 unspecified atom stereocenters. The Hall–Kier alpha value is -1.03. The number of carbonyl (C=O) groups excluding carboxylic acids is 1. The minimum absolute atomic E-state index is 0.0426. The summed E-state index contributed by atoms with van der Waals surface area (Å²) < 4.78 is 5.13.